The number of nitrogens with two attached hydrogens (primary N) is 1. The van der Waals surface area contributed by atoms with E-state index in [4.69, 9.17) is 5.73 Å². The number of rotatable bonds is 4. The zero-order chi connectivity index (χ0) is 14.0. The lowest BCUT2D eigenvalue weighted by molar-refractivity contribution is -0.165. The minimum absolute atomic E-state index is 0.115. The third kappa shape index (κ3) is 3.71. The van der Waals surface area contributed by atoms with Crippen molar-refractivity contribution in [3.8, 4) is 0 Å². The molecule has 0 bridgehead atoms. The summed E-state index contributed by atoms with van der Waals surface area (Å²) in [5, 5.41) is 0. The number of hydrogen-bond acceptors (Lipinski definition) is 3. The van der Waals surface area contributed by atoms with Crippen LogP contribution in [0.3, 0.4) is 0 Å². The van der Waals surface area contributed by atoms with Crippen LogP contribution < -0.4 is 5.73 Å². The first-order valence-electron chi connectivity index (χ1n) is 5.23. The lowest BCUT2D eigenvalue weighted by Crippen LogP contribution is -2.36. The second-order valence-corrected chi connectivity index (χ2v) is 6.10. The molecule has 0 spiro atoms. The molecule has 0 fully saturated rings. The zero-order valence-corrected chi connectivity index (χ0v) is 10.6. The van der Waals surface area contributed by atoms with E-state index in [-0.39, 0.29) is 4.90 Å². The van der Waals surface area contributed by atoms with Gasteiger partial charge in [0.2, 0.25) is 0 Å². The van der Waals surface area contributed by atoms with E-state index in [2.05, 4.69) is 0 Å². The summed E-state index contributed by atoms with van der Waals surface area (Å²) in [6.45, 7) is 1.02. The molecule has 3 nitrogen and oxygen atoms in total. The molecule has 0 aliphatic heterocycles. The molecule has 0 saturated carbocycles. The van der Waals surface area contributed by atoms with Gasteiger partial charge < -0.3 is 5.73 Å². The van der Waals surface area contributed by atoms with Gasteiger partial charge in [-0.15, -0.1) is 0 Å². The molecule has 0 saturated heterocycles. The van der Waals surface area contributed by atoms with E-state index >= 15 is 0 Å². The molecular formula is C11H14F3NO2S. The van der Waals surface area contributed by atoms with Crippen molar-refractivity contribution in [2.24, 2.45) is 11.7 Å². The Morgan fingerprint density at radius 3 is 2.11 bits per heavy atom. The summed E-state index contributed by atoms with van der Waals surface area (Å²) in [6, 6.07) is 5.68. The number of alkyl halides is 3. The Kier molecular flexibility index (Phi) is 4.39. The Hall–Kier alpha value is -1.08. The molecule has 102 valence electrons. The van der Waals surface area contributed by atoms with Gasteiger partial charge >= 0.3 is 6.18 Å². The highest BCUT2D eigenvalue weighted by atomic mass is 32.2. The van der Waals surface area contributed by atoms with Gasteiger partial charge in [0.1, 0.15) is 0 Å². The third-order valence-electron chi connectivity index (χ3n) is 2.55. The SMILES string of the molecule is Cc1ccc(S(=O)(=O)CC(CN)C(F)(F)F)cc1. The van der Waals surface area contributed by atoms with Crippen LogP contribution in [0, 0.1) is 12.8 Å². The number of sulfone groups is 1. The van der Waals surface area contributed by atoms with Gasteiger partial charge in [-0.05, 0) is 19.1 Å². The summed E-state index contributed by atoms with van der Waals surface area (Å²) in [5.41, 5.74) is 5.82. The van der Waals surface area contributed by atoms with Crippen molar-refractivity contribution in [2.45, 2.75) is 18.0 Å². The van der Waals surface area contributed by atoms with Crippen molar-refractivity contribution in [1.29, 1.82) is 0 Å². The van der Waals surface area contributed by atoms with E-state index < -0.39 is 34.2 Å². The minimum Gasteiger partial charge on any atom is -0.330 e. The molecule has 1 aromatic carbocycles. The van der Waals surface area contributed by atoms with Crippen LogP contribution in [0.25, 0.3) is 0 Å². The van der Waals surface area contributed by atoms with Gasteiger partial charge in [0.25, 0.3) is 0 Å². The summed E-state index contributed by atoms with van der Waals surface area (Å²) in [4.78, 5) is -0.115. The topological polar surface area (TPSA) is 60.2 Å². The van der Waals surface area contributed by atoms with Crippen LogP contribution in [0.1, 0.15) is 5.56 Å². The average molecular weight is 281 g/mol. The summed E-state index contributed by atoms with van der Waals surface area (Å²) < 4.78 is 61.1. The average Bonchev–Trinajstić information content (AvgIpc) is 2.25. The van der Waals surface area contributed by atoms with Crippen molar-refractivity contribution in [1.82, 2.24) is 0 Å². The molecule has 0 radical (unpaired) electrons. The minimum atomic E-state index is -4.60. The van der Waals surface area contributed by atoms with Gasteiger partial charge in [0, 0.05) is 6.54 Å². The first-order valence-corrected chi connectivity index (χ1v) is 6.88. The first kappa shape index (κ1) is 15.0. The fourth-order valence-corrected chi connectivity index (χ4v) is 3.00. The third-order valence-corrected chi connectivity index (χ3v) is 4.38. The summed E-state index contributed by atoms with van der Waals surface area (Å²) in [7, 11) is -3.97. The van der Waals surface area contributed by atoms with E-state index in [1.807, 2.05) is 0 Å². The second-order valence-electron chi connectivity index (χ2n) is 4.07. The highest BCUT2D eigenvalue weighted by molar-refractivity contribution is 7.91. The number of benzene rings is 1. The van der Waals surface area contributed by atoms with Crippen molar-refractivity contribution in [3.63, 3.8) is 0 Å². The Morgan fingerprint density at radius 2 is 1.72 bits per heavy atom. The molecule has 7 heteroatoms. The monoisotopic (exact) mass is 281 g/mol. The highest BCUT2D eigenvalue weighted by Crippen LogP contribution is 2.28. The predicted octanol–water partition coefficient (Wildman–Crippen LogP) is 1.91. The molecule has 0 aliphatic carbocycles. The Balaban J connectivity index is 2.98. The molecule has 1 unspecified atom stereocenters. The van der Waals surface area contributed by atoms with Crippen LogP contribution in [0.4, 0.5) is 13.2 Å². The van der Waals surface area contributed by atoms with E-state index in [0.717, 1.165) is 5.56 Å². The molecule has 1 aromatic rings. The molecule has 0 aromatic heterocycles. The van der Waals surface area contributed by atoms with Crippen molar-refractivity contribution >= 4 is 9.84 Å². The van der Waals surface area contributed by atoms with E-state index in [0.29, 0.717) is 0 Å². The Bertz CT molecular complexity index is 494. The summed E-state index contributed by atoms with van der Waals surface area (Å²) in [6.07, 6.45) is -4.60. The smallest absolute Gasteiger partial charge is 0.330 e. The highest BCUT2D eigenvalue weighted by Gasteiger charge is 2.41. The maximum atomic E-state index is 12.5. The lowest BCUT2D eigenvalue weighted by Gasteiger charge is -2.18. The van der Waals surface area contributed by atoms with Gasteiger partial charge in [-0.25, -0.2) is 8.42 Å². The maximum Gasteiger partial charge on any atom is 0.394 e. The molecule has 0 aliphatic rings. The van der Waals surface area contributed by atoms with E-state index in [1.165, 1.54) is 24.3 Å². The van der Waals surface area contributed by atoms with Crippen LogP contribution in [0.5, 0.6) is 0 Å². The quantitative estimate of drug-likeness (QED) is 0.917. The predicted molar refractivity (Wildman–Crippen MR) is 61.8 cm³/mol. The fourth-order valence-electron chi connectivity index (χ4n) is 1.40. The van der Waals surface area contributed by atoms with Gasteiger partial charge in [0.15, 0.2) is 9.84 Å². The molecule has 18 heavy (non-hydrogen) atoms. The van der Waals surface area contributed by atoms with Crippen LogP contribution in [0.15, 0.2) is 29.2 Å². The molecule has 0 amide bonds. The molecule has 1 rings (SSSR count). The van der Waals surface area contributed by atoms with Crippen LogP contribution in [0.2, 0.25) is 0 Å². The number of aryl methyl sites for hydroxylation is 1. The number of hydrogen-bond donors (Lipinski definition) is 1. The van der Waals surface area contributed by atoms with Crippen molar-refractivity contribution in [3.05, 3.63) is 29.8 Å². The molecule has 1 atom stereocenters. The lowest BCUT2D eigenvalue weighted by atomic mass is 10.2. The Morgan fingerprint density at radius 1 is 1.22 bits per heavy atom. The van der Waals surface area contributed by atoms with E-state index in [9.17, 15) is 21.6 Å². The van der Waals surface area contributed by atoms with Crippen molar-refractivity contribution < 1.29 is 21.6 Å². The van der Waals surface area contributed by atoms with Gasteiger partial charge in [-0.3, -0.25) is 0 Å². The first-order chi connectivity index (χ1) is 8.16. The fraction of sp³-hybridized carbons (Fsp3) is 0.455. The maximum absolute atomic E-state index is 12.5. The second kappa shape index (κ2) is 5.27. The Labute approximate surface area is 104 Å². The molecule has 0 heterocycles. The van der Waals surface area contributed by atoms with Crippen LogP contribution in [-0.2, 0) is 9.84 Å². The van der Waals surface area contributed by atoms with Crippen molar-refractivity contribution in [2.75, 3.05) is 12.3 Å². The molecule has 2 N–H and O–H groups in total. The number of halogens is 3. The van der Waals surface area contributed by atoms with Gasteiger partial charge in [-0.1, -0.05) is 17.7 Å². The van der Waals surface area contributed by atoms with Crippen LogP contribution in [-0.4, -0.2) is 26.9 Å². The zero-order valence-electron chi connectivity index (χ0n) is 9.74. The van der Waals surface area contributed by atoms with Gasteiger partial charge in [0.05, 0.1) is 16.6 Å². The standard InChI is InChI=1S/C11H14F3NO2S/c1-8-2-4-10(5-3-8)18(16,17)7-9(6-15)11(12,13)14/h2-5,9H,6-7,15H2,1H3. The van der Waals surface area contributed by atoms with E-state index in [1.54, 1.807) is 6.92 Å². The van der Waals surface area contributed by atoms with Crippen LogP contribution >= 0.6 is 0 Å². The largest absolute Gasteiger partial charge is 0.394 e. The molecular weight excluding hydrogens is 267 g/mol. The summed E-state index contributed by atoms with van der Waals surface area (Å²) in [5.74, 6) is -3.06. The summed E-state index contributed by atoms with van der Waals surface area (Å²) >= 11 is 0. The normalized spacial score (nSPS) is 14.5. The van der Waals surface area contributed by atoms with Gasteiger partial charge in [-0.2, -0.15) is 13.2 Å².